The van der Waals surface area contributed by atoms with Crippen LogP contribution in [0.15, 0.2) is 54.7 Å². The van der Waals surface area contributed by atoms with Crippen molar-refractivity contribution in [1.29, 1.82) is 0 Å². The molecule has 0 saturated heterocycles. The number of aryl methyl sites for hydroxylation is 2. The van der Waals surface area contributed by atoms with Crippen LogP contribution >= 0.6 is 0 Å². The maximum atomic E-state index is 14.0. The number of nitrogens with zero attached hydrogens (tertiary/aromatic N) is 3. The highest BCUT2D eigenvalue weighted by Gasteiger charge is 2.24. The summed E-state index contributed by atoms with van der Waals surface area (Å²) in [4.78, 5) is 22.1. The number of aliphatic hydroxyl groups is 1. The highest BCUT2D eigenvalue weighted by Crippen LogP contribution is 2.27. The summed E-state index contributed by atoms with van der Waals surface area (Å²) in [6.45, 7) is 3.02. The summed E-state index contributed by atoms with van der Waals surface area (Å²) in [5.74, 6) is -1.76. The van der Waals surface area contributed by atoms with E-state index in [1.165, 1.54) is 18.2 Å². The summed E-state index contributed by atoms with van der Waals surface area (Å²) in [7, 11) is 0. The van der Waals surface area contributed by atoms with Gasteiger partial charge in [-0.3, -0.25) is 14.2 Å². The zero-order valence-corrected chi connectivity index (χ0v) is 18.3. The van der Waals surface area contributed by atoms with Crippen LogP contribution < -0.4 is 4.74 Å². The van der Waals surface area contributed by atoms with E-state index in [4.69, 9.17) is 4.74 Å². The maximum absolute atomic E-state index is 14.0. The van der Waals surface area contributed by atoms with Gasteiger partial charge in [-0.1, -0.05) is 12.1 Å². The topological polar surface area (TPSA) is 76.7 Å². The lowest BCUT2D eigenvalue weighted by Crippen LogP contribution is -2.15. The molecule has 0 radical (unpaired) electrons. The molecular weight excluding hydrogens is 428 g/mol. The smallest absolute Gasteiger partial charge is 0.182 e. The number of ketones is 1. The van der Waals surface area contributed by atoms with E-state index in [1.807, 2.05) is 19.1 Å². The van der Waals surface area contributed by atoms with Crippen LogP contribution in [-0.4, -0.2) is 31.9 Å². The van der Waals surface area contributed by atoms with E-state index < -0.39 is 17.6 Å². The molecule has 4 rings (SSSR count). The van der Waals surface area contributed by atoms with E-state index in [0.29, 0.717) is 28.5 Å². The number of rotatable bonds is 8. The van der Waals surface area contributed by atoms with Gasteiger partial charge in [0.2, 0.25) is 0 Å². The standard InChI is InChI=1S/C25H23F2N3O3/c1-15-6-3-9-21(28-15)17(13-31)12-22(32)24-16(2)29-25-23(10-5-11-30(24)25)33-14-18-19(26)7-4-8-20(18)27/h3-11,17,31H,12-14H2,1-2H3. The van der Waals surface area contributed by atoms with Gasteiger partial charge in [-0.05, 0) is 50.2 Å². The SMILES string of the molecule is Cc1cccc(C(CO)CC(=O)c2c(C)nc3c(OCc4c(F)cccc4F)cccn23)n1. The quantitative estimate of drug-likeness (QED) is 0.398. The van der Waals surface area contributed by atoms with Crippen molar-refractivity contribution in [3.63, 3.8) is 0 Å². The first-order valence-electron chi connectivity index (χ1n) is 10.5. The van der Waals surface area contributed by atoms with Crippen LogP contribution in [0.3, 0.4) is 0 Å². The van der Waals surface area contributed by atoms with Gasteiger partial charge in [0.25, 0.3) is 0 Å². The van der Waals surface area contributed by atoms with Gasteiger partial charge in [0, 0.05) is 29.9 Å². The van der Waals surface area contributed by atoms with Crippen LogP contribution in [0.1, 0.15) is 45.5 Å². The second-order valence-electron chi connectivity index (χ2n) is 7.81. The van der Waals surface area contributed by atoms with Crippen LogP contribution in [-0.2, 0) is 6.61 Å². The Kier molecular flexibility index (Phi) is 6.46. The number of carbonyl (C=O) groups is 1. The Bertz CT molecular complexity index is 1300. The van der Waals surface area contributed by atoms with Crippen molar-refractivity contribution in [3.8, 4) is 5.75 Å². The molecule has 4 aromatic rings. The fourth-order valence-corrected chi connectivity index (χ4v) is 3.80. The summed E-state index contributed by atoms with van der Waals surface area (Å²) in [6.07, 6.45) is 1.73. The predicted molar refractivity (Wildman–Crippen MR) is 118 cm³/mol. The van der Waals surface area contributed by atoms with Crippen molar-refractivity contribution < 1.29 is 23.4 Å². The number of hydrogen-bond acceptors (Lipinski definition) is 5. The zero-order chi connectivity index (χ0) is 23.5. The molecule has 3 aromatic heterocycles. The molecule has 0 spiro atoms. The Morgan fingerprint density at radius 3 is 2.48 bits per heavy atom. The molecule has 3 heterocycles. The molecule has 0 fully saturated rings. The van der Waals surface area contributed by atoms with Crippen LogP contribution in [0, 0.1) is 25.5 Å². The number of pyridine rings is 2. The molecule has 1 atom stereocenters. The number of benzene rings is 1. The van der Waals surface area contributed by atoms with Crippen molar-refractivity contribution in [2.45, 2.75) is 32.8 Å². The number of hydrogen-bond donors (Lipinski definition) is 1. The molecular formula is C25H23F2N3O3. The Balaban J connectivity index is 1.61. The molecule has 0 amide bonds. The zero-order valence-electron chi connectivity index (χ0n) is 18.3. The fraction of sp³-hybridized carbons (Fsp3) is 0.240. The van der Waals surface area contributed by atoms with Gasteiger partial charge in [-0.2, -0.15) is 0 Å². The first-order chi connectivity index (χ1) is 15.9. The van der Waals surface area contributed by atoms with Crippen LogP contribution in [0.2, 0.25) is 0 Å². The lowest BCUT2D eigenvalue weighted by atomic mass is 9.97. The van der Waals surface area contributed by atoms with Gasteiger partial charge in [-0.25, -0.2) is 13.8 Å². The number of fused-ring (bicyclic) bond motifs is 1. The van der Waals surface area contributed by atoms with Crippen molar-refractivity contribution in [2.24, 2.45) is 0 Å². The molecule has 170 valence electrons. The largest absolute Gasteiger partial charge is 0.485 e. The molecule has 33 heavy (non-hydrogen) atoms. The Labute approximate surface area is 189 Å². The van der Waals surface area contributed by atoms with E-state index in [9.17, 15) is 18.7 Å². The molecule has 1 aromatic carbocycles. The molecule has 6 nitrogen and oxygen atoms in total. The highest BCUT2D eigenvalue weighted by atomic mass is 19.1. The van der Waals surface area contributed by atoms with Gasteiger partial charge >= 0.3 is 0 Å². The molecule has 8 heteroatoms. The molecule has 0 aliphatic heterocycles. The highest BCUT2D eigenvalue weighted by molar-refractivity contribution is 5.97. The molecule has 0 aliphatic rings. The van der Waals surface area contributed by atoms with Crippen molar-refractivity contribution >= 4 is 11.4 Å². The van der Waals surface area contributed by atoms with Crippen molar-refractivity contribution in [1.82, 2.24) is 14.4 Å². The predicted octanol–water partition coefficient (Wildman–Crippen LogP) is 4.55. The lowest BCUT2D eigenvalue weighted by molar-refractivity contribution is 0.0952. The minimum absolute atomic E-state index is 0.0487. The fourth-order valence-electron chi connectivity index (χ4n) is 3.80. The van der Waals surface area contributed by atoms with E-state index in [1.54, 1.807) is 35.7 Å². The monoisotopic (exact) mass is 451 g/mol. The van der Waals surface area contributed by atoms with E-state index >= 15 is 0 Å². The first-order valence-corrected chi connectivity index (χ1v) is 10.5. The Morgan fingerprint density at radius 1 is 1.06 bits per heavy atom. The summed E-state index contributed by atoms with van der Waals surface area (Å²) < 4.78 is 35.2. The van der Waals surface area contributed by atoms with Gasteiger partial charge in [-0.15, -0.1) is 0 Å². The first kappa shape index (κ1) is 22.5. The minimum atomic E-state index is -0.697. The van der Waals surface area contributed by atoms with E-state index in [0.717, 1.165) is 5.69 Å². The molecule has 1 unspecified atom stereocenters. The Morgan fingerprint density at radius 2 is 1.79 bits per heavy atom. The third kappa shape index (κ3) is 4.61. The third-order valence-electron chi connectivity index (χ3n) is 5.47. The molecule has 1 N–H and O–H groups in total. The van der Waals surface area contributed by atoms with Gasteiger partial charge in [0.15, 0.2) is 17.2 Å². The summed E-state index contributed by atoms with van der Waals surface area (Å²) >= 11 is 0. The maximum Gasteiger partial charge on any atom is 0.182 e. The normalized spacial score (nSPS) is 12.2. The number of Topliss-reactive ketones (excluding diaryl/α,β-unsaturated/α-hetero) is 1. The Hall–Kier alpha value is -3.65. The number of imidazole rings is 1. The lowest BCUT2D eigenvalue weighted by Gasteiger charge is -2.14. The average Bonchev–Trinajstić information content (AvgIpc) is 3.13. The second kappa shape index (κ2) is 9.46. The third-order valence-corrected chi connectivity index (χ3v) is 5.47. The van der Waals surface area contributed by atoms with E-state index in [2.05, 4.69) is 9.97 Å². The van der Waals surface area contributed by atoms with Gasteiger partial charge in [0.1, 0.15) is 23.9 Å². The van der Waals surface area contributed by atoms with Crippen LogP contribution in [0.4, 0.5) is 8.78 Å². The van der Waals surface area contributed by atoms with Crippen molar-refractivity contribution in [2.75, 3.05) is 6.61 Å². The van der Waals surface area contributed by atoms with Crippen LogP contribution in [0.5, 0.6) is 5.75 Å². The second-order valence-corrected chi connectivity index (χ2v) is 7.81. The van der Waals surface area contributed by atoms with E-state index in [-0.39, 0.29) is 31.0 Å². The summed E-state index contributed by atoms with van der Waals surface area (Å²) in [5, 5.41) is 9.87. The average molecular weight is 451 g/mol. The number of halogens is 2. The summed E-state index contributed by atoms with van der Waals surface area (Å²) in [5.41, 5.74) is 2.48. The van der Waals surface area contributed by atoms with Crippen molar-refractivity contribution in [3.05, 3.63) is 94.7 Å². The minimum Gasteiger partial charge on any atom is -0.485 e. The molecule has 0 aliphatic carbocycles. The molecule has 0 bridgehead atoms. The van der Waals surface area contributed by atoms with Gasteiger partial charge < -0.3 is 9.84 Å². The number of aliphatic hydroxyl groups excluding tert-OH is 1. The number of carbonyl (C=O) groups excluding carboxylic acids is 1. The van der Waals surface area contributed by atoms with Crippen LogP contribution in [0.25, 0.3) is 5.65 Å². The molecule has 0 saturated carbocycles. The van der Waals surface area contributed by atoms with Gasteiger partial charge in [0.05, 0.1) is 17.9 Å². The number of aromatic nitrogens is 3. The number of ether oxygens (including phenoxy) is 1. The summed E-state index contributed by atoms with van der Waals surface area (Å²) in [6, 6.07) is 12.4.